The van der Waals surface area contributed by atoms with E-state index in [1.807, 2.05) is 0 Å². The van der Waals surface area contributed by atoms with Crippen molar-refractivity contribution in [3.63, 3.8) is 0 Å². The highest BCUT2D eigenvalue weighted by atomic mass is 32.1. The number of aromatic nitrogens is 3. The second-order valence-corrected chi connectivity index (χ2v) is 13.2. The molecule has 0 amide bonds. The van der Waals surface area contributed by atoms with Crippen molar-refractivity contribution in [2.24, 2.45) is 0 Å². The highest BCUT2D eigenvalue weighted by Crippen LogP contribution is 2.33. The third-order valence-electron chi connectivity index (χ3n) is 9.12. The zero-order valence-electron chi connectivity index (χ0n) is 24.8. The molecular formula is C32H38F3N7S. The van der Waals surface area contributed by atoms with Crippen LogP contribution in [0.3, 0.4) is 0 Å². The van der Waals surface area contributed by atoms with Gasteiger partial charge in [-0.1, -0.05) is 12.5 Å². The van der Waals surface area contributed by atoms with Crippen molar-refractivity contribution in [1.29, 1.82) is 5.26 Å². The van der Waals surface area contributed by atoms with Crippen molar-refractivity contribution < 1.29 is 13.2 Å². The molecule has 1 unspecified atom stereocenters. The third kappa shape index (κ3) is 6.66. The maximum absolute atomic E-state index is 12.9. The van der Waals surface area contributed by atoms with Crippen molar-refractivity contribution in [2.45, 2.75) is 83.7 Å². The number of thiophene rings is 1. The minimum Gasteiger partial charge on any atom is -0.367 e. The summed E-state index contributed by atoms with van der Waals surface area (Å²) in [7, 11) is 0. The molecule has 5 heterocycles. The van der Waals surface area contributed by atoms with Gasteiger partial charge in [0.2, 0.25) is 0 Å². The Morgan fingerprint density at radius 3 is 2.56 bits per heavy atom. The highest BCUT2D eigenvalue weighted by Gasteiger charge is 2.29. The van der Waals surface area contributed by atoms with Crippen LogP contribution in [0.15, 0.2) is 30.6 Å². The van der Waals surface area contributed by atoms with E-state index in [1.165, 1.54) is 36.7 Å². The zero-order chi connectivity index (χ0) is 30.1. The molecule has 0 aliphatic carbocycles. The van der Waals surface area contributed by atoms with E-state index in [9.17, 15) is 18.4 Å². The Morgan fingerprint density at radius 2 is 1.84 bits per heavy atom. The van der Waals surface area contributed by atoms with E-state index in [1.54, 1.807) is 6.07 Å². The number of nitriles is 1. The highest BCUT2D eigenvalue weighted by molar-refractivity contribution is 7.18. The van der Waals surface area contributed by atoms with Gasteiger partial charge in [0, 0.05) is 54.0 Å². The van der Waals surface area contributed by atoms with Crippen molar-refractivity contribution in [3.8, 4) is 6.07 Å². The van der Waals surface area contributed by atoms with Gasteiger partial charge < -0.3 is 9.88 Å². The van der Waals surface area contributed by atoms with E-state index in [-0.39, 0.29) is 10.9 Å². The Morgan fingerprint density at radius 1 is 1.07 bits per heavy atom. The van der Waals surface area contributed by atoms with Gasteiger partial charge in [0.1, 0.15) is 28.7 Å². The Bertz CT molecular complexity index is 1620. The first kappa shape index (κ1) is 29.9. The fraction of sp³-hybridized carbons (Fsp3) is 0.531. The van der Waals surface area contributed by atoms with E-state index in [2.05, 4.69) is 67.8 Å². The summed E-state index contributed by atoms with van der Waals surface area (Å²) in [4.78, 5) is 14.4. The van der Waals surface area contributed by atoms with Crippen LogP contribution in [0.1, 0.15) is 60.7 Å². The molecule has 6 rings (SSSR count). The van der Waals surface area contributed by atoms with Crippen molar-refractivity contribution in [2.75, 3.05) is 31.5 Å². The molecule has 2 fully saturated rings. The number of halogens is 3. The summed E-state index contributed by atoms with van der Waals surface area (Å²) in [6.45, 7) is 10.2. The van der Waals surface area contributed by atoms with E-state index >= 15 is 0 Å². The molecule has 0 saturated carbocycles. The number of piperidine rings is 2. The van der Waals surface area contributed by atoms with E-state index in [0.717, 1.165) is 80.0 Å². The fourth-order valence-electron chi connectivity index (χ4n) is 6.70. The predicted molar refractivity (Wildman–Crippen MR) is 165 cm³/mol. The molecule has 0 radical (unpaired) electrons. The van der Waals surface area contributed by atoms with Crippen LogP contribution in [0.25, 0.3) is 21.1 Å². The number of rotatable bonds is 8. The minimum atomic E-state index is -4.25. The Hall–Kier alpha value is -3.20. The quantitative estimate of drug-likeness (QED) is 0.235. The molecule has 2 aliphatic heterocycles. The normalized spacial score (nSPS) is 18.3. The van der Waals surface area contributed by atoms with Gasteiger partial charge >= 0.3 is 6.18 Å². The number of nitrogens with zero attached hydrogens (tertiary/aromatic N) is 6. The summed E-state index contributed by atoms with van der Waals surface area (Å²) in [6, 6.07) is 11.0. The van der Waals surface area contributed by atoms with Crippen molar-refractivity contribution >= 4 is 38.3 Å². The molecule has 2 saturated heterocycles. The molecule has 4 aromatic rings. The van der Waals surface area contributed by atoms with Gasteiger partial charge in [-0.25, -0.2) is 9.97 Å². The summed E-state index contributed by atoms with van der Waals surface area (Å²) < 4.78 is 41.0. The summed E-state index contributed by atoms with van der Waals surface area (Å²) in [5, 5.41) is 15.2. The summed E-state index contributed by atoms with van der Waals surface area (Å²) in [6.07, 6.45) is 1.87. The number of aryl methyl sites for hydroxylation is 1. The molecule has 0 spiro atoms. The minimum absolute atomic E-state index is 0.193. The number of alkyl halides is 3. The van der Waals surface area contributed by atoms with Crippen LogP contribution in [0.4, 0.5) is 19.0 Å². The van der Waals surface area contributed by atoms with Gasteiger partial charge in [-0.2, -0.15) is 18.4 Å². The molecule has 3 aromatic heterocycles. The maximum Gasteiger partial charge on any atom is 0.393 e. The monoisotopic (exact) mass is 609 g/mol. The lowest BCUT2D eigenvalue weighted by atomic mass is 10.0. The van der Waals surface area contributed by atoms with E-state index in [0.29, 0.717) is 22.1 Å². The number of likely N-dealkylation sites (tertiary alicyclic amines) is 2. The van der Waals surface area contributed by atoms with Crippen LogP contribution in [0.5, 0.6) is 0 Å². The first-order valence-corrected chi connectivity index (χ1v) is 16.0. The predicted octanol–water partition coefficient (Wildman–Crippen LogP) is 6.88. The molecule has 2 aliphatic rings. The van der Waals surface area contributed by atoms with Crippen LogP contribution < -0.4 is 5.32 Å². The van der Waals surface area contributed by atoms with Crippen molar-refractivity contribution in [1.82, 2.24) is 24.3 Å². The number of hydrogen-bond donors (Lipinski definition) is 1. The first-order valence-electron chi connectivity index (χ1n) is 15.2. The zero-order valence-corrected chi connectivity index (χ0v) is 25.6. The molecule has 7 nitrogen and oxygen atoms in total. The molecule has 11 heteroatoms. The maximum atomic E-state index is 12.9. The Kier molecular flexibility index (Phi) is 8.63. The second-order valence-electron chi connectivity index (χ2n) is 12.1. The largest absolute Gasteiger partial charge is 0.393 e. The Labute approximate surface area is 254 Å². The molecule has 0 bridgehead atoms. The number of hydrogen-bond acceptors (Lipinski definition) is 7. The third-order valence-corrected chi connectivity index (χ3v) is 10.2. The molecular weight excluding hydrogens is 571 g/mol. The number of fused-ring (bicyclic) bond motifs is 2. The van der Waals surface area contributed by atoms with Crippen LogP contribution in [-0.4, -0.2) is 68.8 Å². The van der Waals surface area contributed by atoms with E-state index in [4.69, 9.17) is 0 Å². The van der Waals surface area contributed by atoms with Crippen LogP contribution >= 0.6 is 11.3 Å². The summed E-state index contributed by atoms with van der Waals surface area (Å²) in [5.74, 6) is 0.613. The molecule has 228 valence electrons. The van der Waals surface area contributed by atoms with Gasteiger partial charge in [-0.05, 0) is 81.9 Å². The van der Waals surface area contributed by atoms with Crippen LogP contribution in [-0.2, 0) is 19.5 Å². The van der Waals surface area contributed by atoms with Gasteiger partial charge in [0.25, 0.3) is 0 Å². The first-order chi connectivity index (χ1) is 20.7. The smallest absolute Gasteiger partial charge is 0.367 e. The average Bonchev–Trinajstić information content (AvgIpc) is 3.56. The Balaban J connectivity index is 1.10. The van der Waals surface area contributed by atoms with Gasteiger partial charge in [0.05, 0.1) is 11.8 Å². The van der Waals surface area contributed by atoms with Crippen LogP contribution in [0, 0.1) is 18.3 Å². The number of anilines is 1. The average molecular weight is 610 g/mol. The number of nitrogens with one attached hydrogen (secondary N) is 1. The molecule has 1 atom stereocenters. The lowest BCUT2D eigenvalue weighted by molar-refractivity contribution is -0.126. The molecule has 1 aromatic carbocycles. The summed E-state index contributed by atoms with van der Waals surface area (Å²) in [5.41, 5.74) is 4.36. The van der Waals surface area contributed by atoms with Crippen molar-refractivity contribution in [3.05, 3.63) is 52.3 Å². The topological polar surface area (TPSA) is 73.0 Å². The standard InChI is InChI=1S/C32H38F3N7S/c1-21(41-10-4-3-5-11-41)18-42-25(17-36)14-27-22(2)23(6-7-29(27)42)19-40-12-8-24(9-13-40)39-30-28-15-26(16-32(33,34)35)43-31(28)38-20-37-30/h6-7,14-15,20-21,24H,3-5,8-13,16,18-19H2,1-2H3,(H,37,38,39). The number of benzene rings is 1. The van der Waals surface area contributed by atoms with Gasteiger partial charge in [-0.15, -0.1) is 11.3 Å². The molecule has 43 heavy (non-hydrogen) atoms. The second kappa shape index (κ2) is 12.4. The fourth-order valence-corrected chi connectivity index (χ4v) is 7.72. The molecule has 1 N–H and O–H groups in total. The van der Waals surface area contributed by atoms with Gasteiger partial charge in [-0.3, -0.25) is 9.80 Å². The lowest BCUT2D eigenvalue weighted by Gasteiger charge is -2.33. The van der Waals surface area contributed by atoms with Gasteiger partial charge in [0.15, 0.2) is 0 Å². The van der Waals surface area contributed by atoms with Crippen LogP contribution in [0.2, 0.25) is 0 Å². The van der Waals surface area contributed by atoms with E-state index < -0.39 is 12.6 Å². The lowest BCUT2D eigenvalue weighted by Crippen LogP contribution is -2.39. The summed E-state index contributed by atoms with van der Waals surface area (Å²) >= 11 is 1.08. The SMILES string of the molecule is Cc1c(CN2CCC(Nc3ncnc4sc(CC(F)(F)F)cc34)CC2)ccc2c1cc(C#N)n2CC(C)N1CCCCC1.